The maximum Gasteiger partial charge on any atom is 0.156 e. The third kappa shape index (κ3) is 3.13. The van der Waals surface area contributed by atoms with E-state index in [0.29, 0.717) is 5.69 Å². The largest absolute Gasteiger partial charge is 0.733 e. The Morgan fingerprint density at radius 1 is 1.26 bits per heavy atom. The first kappa shape index (κ1) is 14.0. The van der Waals surface area contributed by atoms with Crippen molar-refractivity contribution in [2.75, 3.05) is 17.2 Å². The smallest absolute Gasteiger partial charge is 0.156 e. The molecule has 5 N–H and O–H groups in total. The third-order valence-corrected chi connectivity index (χ3v) is 2.88. The minimum atomic E-state index is -1.32. The molecular weight excluding hydrogens is 256 g/mol. The average Bonchev–Trinajstić information content (AvgIpc) is 2.40. The van der Waals surface area contributed by atoms with Crippen molar-refractivity contribution >= 4 is 11.4 Å². The number of nitrogens with zero attached hydrogens (tertiary/aromatic N) is 1. The Kier molecular flexibility index (Phi) is 4.20. The van der Waals surface area contributed by atoms with Crippen LogP contribution in [-0.2, 0) is 4.74 Å². The van der Waals surface area contributed by atoms with Gasteiger partial charge in [0.05, 0.1) is 12.3 Å². The van der Waals surface area contributed by atoms with E-state index < -0.39 is 24.5 Å². The highest BCUT2D eigenvalue weighted by molar-refractivity contribution is 5.57. The Morgan fingerprint density at radius 2 is 2.00 bits per heavy atom. The topological polar surface area (TPSA) is 128 Å². The lowest BCUT2D eigenvalue weighted by Crippen LogP contribution is -2.55. The molecule has 0 radical (unpaired) electrons. The molecule has 2 rings (SSSR count). The van der Waals surface area contributed by atoms with Crippen molar-refractivity contribution in [3.63, 3.8) is 0 Å². The van der Waals surface area contributed by atoms with Crippen LogP contribution in [-0.4, -0.2) is 51.7 Å². The molecule has 1 aliphatic rings. The lowest BCUT2D eigenvalue weighted by molar-refractivity contribution is -0.178. The van der Waals surface area contributed by atoms with Gasteiger partial charge in [0.2, 0.25) is 0 Å². The number of benzene rings is 1. The highest BCUT2D eigenvalue weighted by Crippen LogP contribution is 2.22. The van der Waals surface area contributed by atoms with Crippen LogP contribution in [0.5, 0.6) is 0 Å². The average molecular weight is 271 g/mol. The van der Waals surface area contributed by atoms with Crippen molar-refractivity contribution in [1.82, 2.24) is 0 Å². The molecule has 1 fully saturated rings. The summed E-state index contributed by atoms with van der Waals surface area (Å²) in [5.41, 5.74) is 0.427. The number of aliphatic hydroxyl groups excluding tert-OH is 3. The second kappa shape index (κ2) is 5.70. The molecule has 0 amide bonds. The zero-order valence-corrected chi connectivity index (χ0v) is 9.88. The first-order chi connectivity index (χ1) is 8.99. The summed E-state index contributed by atoms with van der Waals surface area (Å²) in [5, 5.41) is 50.5. The molecule has 8 heteroatoms. The summed E-state index contributed by atoms with van der Waals surface area (Å²) in [6.07, 6.45) is -4.70. The molecule has 1 aromatic rings. The van der Waals surface area contributed by atoms with Crippen LogP contribution in [0.3, 0.4) is 0 Å². The van der Waals surface area contributed by atoms with Gasteiger partial charge in [0, 0.05) is 5.69 Å². The normalized spacial score (nSPS) is 31.0. The van der Waals surface area contributed by atoms with E-state index >= 15 is 0 Å². The van der Waals surface area contributed by atoms with Crippen LogP contribution in [0, 0.1) is 5.21 Å². The Labute approximate surface area is 109 Å². The van der Waals surface area contributed by atoms with E-state index in [4.69, 9.17) is 9.94 Å². The molecule has 8 nitrogen and oxygen atoms in total. The minimum absolute atomic E-state index is 0.0101. The number of hydrogen-bond donors (Lipinski definition) is 5. The number of rotatable bonds is 3. The summed E-state index contributed by atoms with van der Waals surface area (Å²) in [4.78, 5) is 0. The van der Waals surface area contributed by atoms with Crippen molar-refractivity contribution in [2.45, 2.75) is 24.5 Å². The van der Waals surface area contributed by atoms with Crippen LogP contribution in [0.4, 0.5) is 11.4 Å². The molecule has 106 valence electrons. The van der Waals surface area contributed by atoms with E-state index in [1.54, 1.807) is 6.07 Å². The molecule has 0 aromatic heterocycles. The molecule has 4 atom stereocenters. The lowest BCUT2D eigenvalue weighted by atomic mass is 10.0. The monoisotopic (exact) mass is 271 g/mol. The van der Waals surface area contributed by atoms with Gasteiger partial charge in [-0.25, -0.2) is 0 Å². The molecule has 1 saturated heterocycles. The van der Waals surface area contributed by atoms with E-state index in [1.165, 1.54) is 18.2 Å². The summed E-state index contributed by atoms with van der Waals surface area (Å²) >= 11 is 0. The third-order valence-electron chi connectivity index (χ3n) is 2.88. The molecule has 0 bridgehead atoms. The second-order valence-electron chi connectivity index (χ2n) is 4.27. The quantitative estimate of drug-likeness (QED) is 0.453. The van der Waals surface area contributed by atoms with Gasteiger partial charge in [0.15, 0.2) is 6.23 Å². The number of nitrogens with one attached hydrogen (secondary N) is 1. The van der Waals surface area contributed by atoms with Crippen LogP contribution < -0.4 is 10.5 Å². The molecule has 1 aliphatic heterocycles. The van der Waals surface area contributed by atoms with E-state index in [-0.39, 0.29) is 17.5 Å². The molecule has 1 heterocycles. The molecule has 0 aliphatic carbocycles. The predicted molar refractivity (Wildman–Crippen MR) is 65.5 cm³/mol. The second-order valence-corrected chi connectivity index (χ2v) is 4.27. The number of aliphatic hydroxyl groups is 3. The summed E-state index contributed by atoms with van der Waals surface area (Å²) in [7, 11) is 0. The Balaban J connectivity index is 2.06. The minimum Gasteiger partial charge on any atom is -0.733 e. The van der Waals surface area contributed by atoms with Gasteiger partial charge in [-0.2, -0.15) is 0 Å². The van der Waals surface area contributed by atoms with Crippen molar-refractivity contribution in [1.29, 1.82) is 0 Å². The van der Waals surface area contributed by atoms with Gasteiger partial charge >= 0.3 is 0 Å². The van der Waals surface area contributed by atoms with E-state index in [9.17, 15) is 20.5 Å². The lowest BCUT2D eigenvalue weighted by Gasteiger charge is -2.36. The maximum atomic E-state index is 10.7. The SMILES string of the molecule is [O-]N(O)c1cccc(N[C@H]2OC[C@@H](O)[C@@H](O)[C@H]2O)c1. The van der Waals surface area contributed by atoms with Gasteiger partial charge in [0.25, 0.3) is 0 Å². The molecule has 0 saturated carbocycles. The van der Waals surface area contributed by atoms with Gasteiger partial charge in [0.1, 0.15) is 18.3 Å². The van der Waals surface area contributed by atoms with Crippen LogP contribution >= 0.6 is 0 Å². The number of ether oxygens (including phenoxy) is 1. The van der Waals surface area contributed by atoms with Crippen molar-refractivity contribution in [3.05, 3.63) is 29.5 Å². The van der Waals surface area contributed by atoms with E-state index in [1.807, 2.05) is 0 Å². The highest BCUT2D eigenvalue weighted by atomic mass is 16.8. The van der Waals surface area contributed by atoms with Gasteiger partial charge < -0.3 is 35.8 Å². The van der Waals surface area contributed by atoms with Crippen LogP contribution in [0.25, 0.3) is 0 Å². The van der Waals surface area contributed by atoms with Gasteiger partial charge in [-0.15, -0.1) is 0 Å². The first-order valence-corrected chi connectivity index (χ1v) is 5.67. The van der Waals surface area contributed by atoms with Gasteiger partial charge in [-0.1, -0.05) is 6.07 Å². The Morgan fingerprint density at radius 3 is 2.68 bits per heavy atom. The van der Waals surface area contributed by atoms with E-state index in [0.717, 1.165) is 0 Å². The Bertz CT molecular complexity index is 429. The highest BCUT2D eigenvalue weighted by Gasteiger charge is 2.37. The van der Waals surface area contributed by atoms with E-state index in [2.05, 4.69) is 5.32 Å². The first-order valence-electron chi connectivity index (χ1n) is 5.67. The fourth-order valence-electron chi connectivity index (χ4n) is 1.81. The van der Waals surface area contributed by atoms with Gasteiger partial charge in [-0.3, -0.25) is 5.21 Å². The summed E-state index contributed by atoms with van der Waals surface area (Å²) in [6, 6.07) is 5.87. The molecule has 19 heavy (non-hydrogen) atoms. The van der Waals surface area contributed by atoms with Crippen molar-refractivity contribution < 1.29 is 25.3 Å². The fourth-order valence-corrected chi connectivity index (χ4v) is 1.81. The summed E-state index contributed by atoms with van der Waals surface area (Å²) in [6.45, 7) is -0.122. The number of hydrogen-bond acceptors (Lipinski definition) is 8. The number of anilines is 2. The molecular formula is C11H15N2O6-. The zero-order valence-electron chi connectivity index (χ0n) is 9.88. The zero-order chi connectivity index (χ0) is 14.0. The van der Waals surface area contributed by atoms with Crippen LogP contribution in [0.1, 0.15) is 0 Å². The maximum absolute atomic E-state index is 10.7. The molecule has 0 unspecified atom stereocenters. The summed E-state index contributed by atoms with van der Waals surface area (Å²) < 4.78 is 5.15. The van der Waals surface area contributed by atoms with Crippen molar-refractivity contribution in [3.8, 4) is 0 Å². The van der Waals surface area contributed by atoms with Gasteiger partial charge in [-0.05, 0) is 18.2 Å². The van der Waals surface area contributed by atoms with Crippen LogP contribution in [0.2, 0.25) is 0 Å². The standard InChI is InChI=1S/C11H15N2O6/c14-8-5-19-11(10(16)9(8)15)12-6-2-1-3-7(4-6)13(17)18/h1-4,8-12,14-17H,5H2/q-1/t8-,9-,10-,11+/m1/s1. The van der Waals surface area contributed by atoms with Crippen LogP contribution in [0.15, 0.2) is 24.3 Å². The Hall–Kier alpha value is -1.42. The molecule has 0 spiro atoms. The predicted octanol–water partition coefficient (Wildman–Crippen LogP) is -0.769. The summed E-state index contributed by atoms with van der Waals surface area (Å²) in [5.74, 6) is 0. The fraction of sp³-hybridized carbons (Fsp3) is 0.455. The van der Waals surface area contributed by atoms with Crippen molar-refractivity contribution in [2.24, 2.45) is 0 Å². The molecule has 1 aromatic carbocycles.